The summed E-state index contributed by atoms with van der Waals surface area (Å²) in [5, 5.41) is 12.9. The van der Waals surface area contributed by atoms with E-state index in [2.05, 4.69) is 25.5 Å². The number of aromatic nitrogens is 6. The summed E-state index contributed by atoms with van der Waals surface area (Å²) >= 11 is 0. The number of fused-ring (bicyclic) bond motifs is 2. The lowest BCUT2D eigenvalue weighted by Gasteiger charge is -2.26. The second-order valence-corrected chi connectivity index (χ2v) is 15.4. The van der Waals surface area contributed by atoms with Gasteiger partial charge in [0, 0.05) is 52.1 Å². The van der Waals surface area contributed by atoms with Gasteiger partial charge >= 0.3 is 18.1 Å². The van der Waals surface area contributed by atoms with Crippen LogP contribution in [0.15, 0.2) is 45.3 Å². The topological polar surface area (TPSA) is 284 Å². The van der Waals surface area contributed by atoms with Crippen LogP contribution in [0.5, 0.6) is 11.5 Å². The summed E-state index contributed by atoms with van der Waals surface area (Å²) in [6.45, 7) is 11.5. The second-order valence-electron chi connectivity index (χ2n) is 15.4. The molecule has 1 aliphatic heterocycles. The van der Waals surface area contributed by atoms with Gasteiger partial charge in [-0.1, -0.05) is 26.0 Å². The number of morpholine rings is 1. The third-order valence-electron chi connectivity index (χ3n) is 10.6. The number of nitrogens with zero attached hydrogens (tertiary/aromatic N) is 7. The fourth-order valence-electron chi connectivity index (χ4n) is 7.40. The van der Waals surface area contributed by atoms with Crippen molar-refractivity contribution in [3.8, 4) is 11.5 Å². The number of halogens is 3. The maximum absolute atomic E-state index is 13.8. The maximum atomic E-state index is 13.8. The quantitative estimate of drug-likeness (QED) is 0.0470. The molecule has 5 N–H and O–H groups in total. The number of aryl methyl sites for hydroxylation is 4. The molecule has 2 aromatic carbocycles. The van der Waals surface area contributed by atoms with Crippen molar-refractivity contribution < 1.29 is 70.0 Å². The highest BCUT2D eigenvalue weighted by molar-refractivity contribution is 6.05. The number of alkyl halides is 3. The molecule has 0 saturated carbocycles. The Morgan fingerprint density at radius 3 is 1.73 bits per heavy atom. The Kier molecular flexibility index (Phi) is 16.6. The highest BCUT2D eigenvalue weighted by Crippen LogP contribution is 2.34. The molecule has 0 unspecified atom stereocenters. The molecule has 25 heteroatoms. The molecule has 22 nitrogen and oxygen atoms in total. The summed E-state index contributed by atoms with van der Waals surface area (Å²) < 4.78 is 69.1. The highest BCUT2D eigenvalue weighted by atomic mass is 19.4. The van der Waals surface area contributed by atoms with Gasteiger partial charge in [0.05, 0.1) is 62.0 Å². The van der Waals surface area contributed by atoms with Crippen LogP contribution in [0.4, 0.5) is 25.1 Å². The van der Waals surface area contributed by atoms with Crippen molar-refractivity contribution in [2.45, 2.75) is 66.2 Å². The number of primary amides is 1. The molecule has 0 aliphatic carbocycles. The Hall–Kier alpha value is -7.80. The van der Waals surface area contributed by atoms with Crippen LogP contribution in [-0.2, 0) is 40.2 Å². The number of esters is 1. The number of hydrogen-bond donors (Lipinski definition) is 4. The van der Waals surface area contributed by atoms with Crippen LogP contribution >= 0.6 is 0 Å². The van der Waals surface area contributed by atoms with Crippen LogP contribution in [0.3, 0.4) is 0 Å². The fraction of sp³-hybridized carbons (Fsp3) is 0.400. The van der Waals surface area contributed by atoms with E-state index >= 15 is 0 Å². The summed E-state index contributed by atoms with van der Waals surface area (Å²) in [5.41, 5.74) is 8.81. The fourth-order valence-corrected chi connectivity index (χ4v) is 7.40. The number of benzene rings is 2. The summed E-state index contributed by atoms with van der Waals surface area (Å²) in [7, 11) is 2.73. The van der Waals surface area contributed by atoms with Crippen LogP contribution < -0.4 is 25.8 Å². The Bertz CT molecular complexity index is 2930. The first-order valence-corrected chi connectivity index (χ1v) is 21.8. The summed E-state index contributed by atoms with van der Waals surface area (Å²) in [6, 6.07) is 6.20. The third-order valence-corrected chi connectivity index (χ3v) is 10.6. The average molecular weight is 981 g/mol. The molecule has 3 amide bonds. The second kappa shape index (κ2) is 22.5. The number of methoxy groups -OCH3 is 2. The molecular formula is C45H51F3N10O12. The number of amides is 3. The van der Waals surface area contributed by atoms with Crippen LogP contribution in [0.1, 0.15) is 85.3 Å². The molecule has 70 heavy (non-hydrogen) atoms. The zero-order valence-corrected chi connectivity index (χ0v) is 39.0. The van der Waals surface area contributed by atoms with Gasteiger partial charge in [-0.2, -0.15) is 13.2 Å². The van der Waals surface area contributed by atoms with E-state index in [4.69, 9.17) is 53.4 Å². The van der Waals surface area contributed by atoms with Crippen molar-refractivity contribution in [2.24, 2.45) is 5.73 Å². The van der Waals surface area contributed by atoms with Gasteiger partial charge < -0.3 is 47.8 Å². The number of ether oxygens (including phenoxy) is 4. The van der Waals surface area contributed by atoms with E-state index in [1.54, 1.807) is 41.2 Å². The van der Waals surface area contributed by atoms with Crippen LogP contribution in [0, 0.1) is 13.8 Å². The minimum atomic E-state index is -5.08. The molecule has 1 aliphatic rings. The monoisotopic (exact) mass is 980 g/mol. The number of hydrogen-bond acceptors (Lipinski definition) is 16. The molecule has 7 rings (SSSR count). The maximum Gasteiger partial charge on any atom is 0.490 e. The molecule has 0 radical (unpaired) electrons. The summed E-state index contributed by atoms with van der Waals surface area (Å²) in [5.74, 6) is -3.43. The molecule has 0 bridgehead atoms. The molecule has 0 spiro atoms. The molecular weight excluding hydrogens is 930 g/mol. The minimum Gasteiger partial charge on any atom is -0.494 e. The van der Waals surface area contributed by atoms with Gasteiger partial charge in [-0.3, -0.25) is 29.9 Å². The first-order chi connectivity index (χ1) is 33.4. The standard InChI is InChI=1S/C43H50N10O10.C2HF3O2/c1-7-28-36(62-24(3)45-28)39(55)49-42-48-31-21-27(41(57)59-6)23-32(58-5)34(31)52(42)13-9-10-14-53-35-30(47-43(53)50-40(56)37-29(8-2)46-25(4)63-37)20-26(38(44)54)22-33(35)61-17-11-12-51-15-18-60-19-16-51;3-2(4,5)1(6)7/h9-10,20-23H,7-8,11-19H2,1-6H3,(H2,44,54)(H,47,50,56)(H,48,49,55);(H,6,7)/b10-9+;. The number of allylic oxidation sites excluding steroid dienone is 2. The predicted molar refractivity (Wildman–Crippen MR) is 243 cm³/mol. The number of oxazole rings is 2. The number of carbonyl (C=O) groups is 5. The molecule has 1 fully saturated rings. The van der Waals surface area contributed by atoms with E-state index < -0.39 is 35.8 Å². The van der Waals surface area contributed by atoms with Crippen molar-refractivity contribution in [1.29, 1.82) is 0 Å². The van der Waals surface area contributed by atoms with Gasteiger partial charge in [0.1, 0.15) is 22.5 Å². The van der Waals surface area contributed by atoms with Crippen LogP contribution in [0.2, 0.25) is 0 Å². The lowest BCUT2D eigenvalue weighted by molar-refractivity contribution is -0.192. The number of imidazole rings is 2. The van der Waals surface area contributed by atoms with E-state index in [1.165, 1.54) is 20.3 Å². The Labute approximate surface area is 396 Å². The normalized spacial score (nSPS) is 13.0. The number of anilines is 2. The van der Waals surface area contributed by atoms with E-state index in [-0.39, 0.29) is 47.6 Å². The van der Waals surface area contributed by atoms with Gasteiger partial charge in [0.15, 0.2) is 11.8 Å². The Balaban J connectivity index is 0.00000107. The molecule has 4 aromatic heterocycles. The smallest absolute Gasteiger partial charge is 0.490 e. The number of rotatable bonds is 18. The largest absolute Gasteiger partial charge is 0.494 e. The lowest BCUT2D eigenvalue weighted by atomic mass is 10.1. The molecule has 0 atom stereocenters. The summed E-state index contributed by atoms with van der Waals surface area (Å²) in [6.07, 6.45) is 0.195. The minimum absolute atomic E-state index is 0.0538. The van der Waals surface area contributed by atoms with Gasteiger partial charge in [-0.05, 0) is 43.5 Å². The highest BCUT2D eigenvalue weighted by Gasteiger charge is 2.38. The molecule has 1 saturated heterocycles. The van der Waals surface area contributed by atoms with E-state index in [0.717, 1.165) is 19.6 Å². The van der Waals surface area contributed by atoms with Crippen LogP contribution in [0.25, 0.3) is 22.1 Å². The molecule has 374 valence electrons. The van der Waals surface area contributed by atoms with E-state index in [0.29, 0.717) is 95.8 Å². The number of aliphatic carboxylic acids is 1. The van der Waals surface area contributed by atoms with E-state index in [9.17, 15) is 32.3 Å². The van der Waals surface area contributed by atoms with Gasteiger partial charge in [0.2, 0.25) is 29.3 Å². The number of carboxylic acids is 1. The zero-order chi connectivity index (χ0) is 50.9. The van der Waals surface area contributed by atoms with Crippen molar-refractivity contribution in [2.75, 3.05) is 64.3 Å². The number of nitrogens with one attached hydrogen (secondary N) is 2. The first-order valence-electron chi connectivity index (χ1n) is 21.8. The molecule has 6 aromatic rings. The van der Waals surface area contributed by atoms with Gasteiger partial charge in [-0.15, -0.1) is 0 Å². The van der Waals surface area contributed by atoms with Crippen molar-refractivity contribution in [3.63, 3.8) is 0 Å². The van der Waals surface area contributed by atoms with E-state index in [1.807, 2.05) is 26.0 Å². The third kappa shape index (κ3) is 12.1. The Morgan fingerprint density at radius 1 is 0.786 bits per heavy atom. The lowest BCUT2D eigenvalue weighted by Crippen LogP contribution is -2.37. The number of nitrogens with two attached hydrogens (primary N) is 1. The zero-order valence-electron chi connectivity index (χ0n) is 39.0. The number of carboxylic acid groups (broad SMARTS) is 1. The Morgan fingerprint density at radius 2 is 1.27 bits per heavy atom. The van der Waals surface area contributed by atoms with Gasteiger partial charge in [-0.25, -0.2) is 29.5 Å². The van der Waals surface area contributed by atoms with Crippen molar-refractivity contribution >= 4 is 63.6 Å². The van der Waals surface area contributed by atoms with Crippen LogP contribution in [-0.4, -0.2) is 129 Å². The average Bonchev–Trinajstić information content (AvgIpc) is 4.10. The SMILES string of the molecule is CCc1nc(C)oc1C(=O)Nc1nc2cc(C(=O)OC)cc(OC)c2n1C/C=C/Cn1c(NC(=O)c2oc(C)nc2CC)nc2cc(C(N)=O)cc(OCCCN3CCOCC3)c21.O=C(O)C(F)(F)F. The number of carbonyl (C=O) groups excluding carboxylic acids is 4. The van der Waals surface area contributed by atoms with Crippen molar-refractivity contribution in [1.82, 2.24) is 34.0 Å². The van der Waals surface area contributed by atoms with Crippen molar-refractivity contribution in [3.05, 3.63) is 82.2 Å². The van der Waals surface area contributed by atoms with Gasteiger partial charge in [0.25, 0.3) is 11.8 Å². The summed E-state index contributed by atoms with van der Waals surface area (Å²) in [4.78, 5) is 81.8. The predicted octanol–water partition coefficient (Wildman–Crippen LogP) is 5.49. The first kappa shape index (κ1) is 51.6. The molecule has 5 heterocycles.